The largest absolute Gasteiger partial charge is 0.455 e. The molecule has 7 aromatic rings. The third kappa shape index (κ3) is 5.05. The van der Waals surface area contributed by atoms with Crippen molar-refractivity contribution in [2.45, 2.75) is 58.1 Å². The monoisotopic (exact) mass is 723 g/mol. The van der Waals surface area contributed by atoms with Crippen LogP contribution in [0.15, 0.2) is 171 Å². The van der Waals surface area contributed by atoms with E-state index in [1.807, 2.05) is 23.9 Å². The number of nitrogens with zero attached hydrogens (tertiary/aromatic N) is 1. The van der Waals surface area contributed by atoms with E-state index in [0.29, 0.717) is 0 Å². The van der Waals surface area contributed by atoms with Gasteiger partial charge in [-0.25, -0.2) is 0 Å². The predicted molar refractivity (Wildman–Crippen MR) is 219 cm³/mol. The fourth-order valence-electron chi connectivity index (χ4n) is 8.23. The lowest BCUT2D eigenvalue weighted by Gasteiger charge is -2.39. The molecule has 0 saturated heterocycles. The molecule has 258 valence electrons. The average molecular weight is 724 g/mol. The second-order valence-corrected chi connectivity index (χ2v) is 17.0. The third-order valence-corrected chi connectivity index (χ3v) is 13.4. The van der Waals surface area contributed by atoms with E-state index < -0.39 is 0 Å². The zero-order valence-electron chi connectivity index (χ0n) is 30.0. The topological polar surface area (TPSA) is 21.7 Å². The fraction of sp³-hybridized carbons (Fsp3) is 0.125. The highest BCUT2D eigenvalue weighted by atomic mass is 32.2. The van der Waals surface area contributed by atoms with Crippen LogP contribution in [0.5, 0.6) is 23.0 Å². The first-order valence-electron chi connectivity index (χ1n) is 18.1. The number of hydrogen-bond acceptors (Lipinski definition) is 5. The van der Waals surface area contributed by atoms with Crippen LogP contribution in [0.3, 0.4) is 0 Å². The Bertz CT molecular complexity index is 2480. The van der Waals surface area contributed by atoms with Crippen LogP contribution in [-0.2, 0) is 10.8 Å². The first-order chi connectivity index (χ1) is 25.8. The lowest BCUT2D eigenvalue weighted by molar-refractivity contribution is 0.419. The van der Waals surface area contributed by atoms with Crippen molar-refractivity contribution in [2.24, 2.45) is 0 Å². The molecule has 5 heteroatoms. The van der Waals surface area contributed by atoms with Gasteiger partial charge in [-0.2, -0.15) is 0 Å². The van der Waals surface area contributed by atoms with Gasteiger partial charge in [-0.05, 0) is 76.9 Å². The van der Waals surface area contributed by atoms with Gasteiger partial charge in [-0.15, -0.1) is 0 Å². The number of para-hydroxylation sites is 3. The minimum Gasteiger partial charge on any atom is -0.455 e. The van der Waals surface area contributed by atoms with Crippen molar-refractivity contribution in [3.8, 4) is 34.1 Å². The minimum atomic E-state index is -0.244. The Hall–Kier alpha value is -5.36. The van der Waals surface area contributed by atoms with E-state index >= 15 is 0 Å². The number of hydrogen-bond donors (Lipinski definition) is 0. The molecular formula is C48H37NO2S2. The van der Waals surface area contributed by atoms with Crippen LogP contribution < -0.4 is 14.4 Å². The molecule has 3 aliphatic heterocycles. The number of anilines is 3. The summed E-state index contributed by atoms with van der Waals surface area (Å²) in [7, 11) is 0. The summed E-state index contributed by atoms with van der Waals surface area (Å²) in [5, 5.41) is 0. The molecule has 7 aromatic carbocycles. The minimum absolute atomic E-state index is 0.166. The predicted octanol–water partition coefficient (Wildman–Crippen LogP) is 14.3. The van der Waals surface area contributed by atoms with Crippen molar-refractivity contribution in [3.05, 3.63) is 174 Å². The molecule has 0 atom stereocenters. The van der Waals surface area contributed by atoms with Gasteiger partial charge in [0.25, 0.3) is 0 Å². The summed E-state index contributed by atoms with van der Waals surface area (Å²) in [5.41, 5.74) is 10.2. The average Bonchev–Trinajstić information content (AvgIpc) is 3.18. The molecule has 0 unspecified atom stereocenters. The molecule has 3 aliphatic rings. The van der Waals surface area contributed by atoms with E-state index in [4.69, 9.17) is 9.47 Å². The second-order valence-electron chi connectivity index (χ2n) is 14.9. The summed E-state index contributed by atoms with van der Waals surface area (Å²) in [6, 6.07) is 54.3. The summed E-state index contributed by atoms with van der Waals surface area (Å²) in [5.74, 6) is 3.59. The molecule has 0 radical (unpaired) electrons. The van der Waals surface area contributed by atoms with E-state index in [2.05, 4.69) is 172 Å². The van der Waals surface area contributed by atoms with Crippen molar-refractivity contribution in [2.75, 3.05) is 4.90 Å². The Morgan fingerprint density at radius 1 is 0.434 bits per heavy atom. The van der Waals surface area contributed by atoms with Crippen LogP contribution in [-0.4, -0.2) is 0 Å². The van der Waals surface area contributed by atoms with Crippen LogP contribution in [0.2, 0.25) is 0 Å². The Morgan fingerprint density at radius 2 is 1.02 bits per heavy atom. The Morgan fingerprint density at radius 3 is 1.83 bits per heavy atom. The maximum absolute atomic E-state index is 6.93. The molecule has 0 aliphatic carbocycles. The molecule has 3 nitrogen and oxygen atoms in total. The lowest BCUT2D eigenvalue weighted by atomic mass is 9.75. The van der Waals surface area contributed by atoms with Crippen LogP contribution in [0.1, 0.15) is 49.9 Å². The highest BCUT2D eigenvalue weighted by Crippen LogP contribution is 2.58. The van der Waals surface area contributed by atoms with Gasteiger partial charge in [0.2, 0.25) is 0 Å². The van der Waals surface area contributed by atoms with E-state index in [1.165, 1.54) is 32.0 Å². The first-order valence-corrected chi connectivity index (χ1v) is 19.7. The Kier molecular flexibility index (Phi) is 7.37. The summed E-state index contributed by atoms with van der Waals surface area (Å²) in [4.78, 5) is 7.24. The molecule has 0 saturated carbocycles. The van der Waals surface area contributed by atoms with E-state index in [0.717, 1.165) is 61.0 Å². The van der Waals surface area contributed by atoms with Crippen molar-refractivity contribution >= 4 is 40.6 Å². The standard InChI is InChI=1S/C48H37NO2S2/c1-47(2)33-15-5-7-21-39(33)51-44-35(47)17-12-19-37(44)49(38-20-13-18-36-46(38)52-42-24-9-6-16-34(42)48(36,3)4)31-28-26-30(27-29-31)32-14-11-23-41-45(32)53-43-25-10-8-22-40(43)50-41/h5-29H,1-4H3. The normalized spacial score (nSPS) is 15.2. The first kappa shape index (κ1) is 32.3. The van der Waals surface area contributed by atoms with E-state index in [-0.39, 0.29) is 10.8 Å². The van der Waals surface area contributed by atoms with Gasteiger partial charge in [-0.1, -0.05) is 148 Å². The van der Waals surface area contributed by atoms with E-state index in [9.17, 15) is 0 Å². The van der Waals surface area contributed by atoms with Gasteiger partial charge in [0.15, 0.2) is 5.75 Å². The zero-order valence-corrected chi connectivity index (χ0v) is 31.6. The Labute approximate surface area is 319 Å². The van der Waals surface area contributed by atoms with Crippen LogP contribution in [0.25, 0.3) is 11.1 Å². The van der Waals surface area contributed by atoms with Crippen molar-refractivity contribution in [1.82, 2.24) is 0 Å². The fourth-order valence-corrected chi connectivity index (χ4v) is 10.8. The smallest absolute Gasteiger partial charge is 0.155 e. The maximum Gasteiger partial charge on any atom is 0.155 e. The summed E-state index contributed by atoms with van der Waals surface area (Å²) in [6.07, 6.45) is 0. The molecule has 0 fully saturated rings. The highest BCUT2D eigenvalue weighted by Gasteiger charge is 2.39. The molecule has 0 bridgehead atoms. The molecular weight excluding hydrogens is 687 g/mol. The summed E-state index contributed by atoms with van der Waals surface area (Å²) in [6.45, 7) is 9.30. The summed E-state index contributed by atoms with van der Waals surface area (Å²) >= 11 is 3.64. The van der Waals surface area contributed by atoms with Crippen molar-refractivity contribution in [1.29, 1.82) is 0 Å². The van der Waals surface area contributed by atoms with E-state index in [1.54, 1.807) is 11.8 Å². The third-order valence-electron chi connectivity index (χ3n) is 11.1. The van der Waals surface area contributed by atoms with Gasteiger partial charge in [0, 0.05) is 37.4 Å². The van der Waals surface area contributed by atoms with Gasteiger partial charge < -0.3 is 14.4 Å². The highest BCUT2D eigenvalue weighted by molar-refractivity contribution is 8.00. The molecule has 0 aromatic heterocycles. The lowest BCUT2D eigenvalue weighted by Crippen LogP contribution is -2.26. The van der Waals surface area contributed by atoms with Crippen LogP contribution >= 0.6 is 23.5 Å². The second kappa shape index (κ2) is 12.1. The SMILES string of the molecule is CC1(C)c2ccccc2Oc2c(N(c3ccc(-c4cccc5c4Sc4ccccc4O5)cc3)c3cccc4c3Sc3ccccc3C4(C)C)cccc21. The maximum atomic E-state index is 6.93. The zero-order chi connectivity index (χ0) is 35.9. The molecule has 53 heavy (non-hydrogen) atoms. The van der Waals surface area contributed by atoms with Gasteiger partial charge >= 0.3 is 0 Å². The number of rotatable bonds is 4. The van der Waals surface area contributed by atoms with Gasteiger partial charge in [0.05, 0.1) is 21.2 Å². The number of fused-ring (bicyclic) bond motifs is 6. The van der Waals surface area contributed by atoms with Crippen LogP contribution in [0.4, 0.5) is 17.1 Å². The van der Waals surface area contributed by atoms with Gasteiger partial charge in [-0.3, -0.25) is 0 Å². The number of ether oxygens (including phenoxy) is 2. The number of benzene rings is 7. The van der Waals surface area contributed by atoms with Gasteiger partial charge in [0.1, 0.15) is 17.2 Å². The quantitative estimate of drug-likeness (QED) is 0.180. The van der Waals surface area contributed by atoms with Crippen molar-refractivity contribution in [3.63, 3.8) is 0 Å². The molecule has 3 heterocycles. The van der Waals surface area contributed by atoms with Crippen LogP contribution in [0, 0.1) is 0 Å². The van der Waals surface area contributed by atoms with Crippen molar-refractivity contribution < 1.29 is 9.47 Å². The molecule has 0 spiro atoms. The molecule has 10 rings (SSSR count). The summed E-state index contributed by atoms with van der Waals surface area (Å²) < 4.78 is 13.3. The molecule has 0 N–H and O–H groups in total. The Balaban J connectivity index is 1.15. The molecule has 0 amide bonds.